The molecule has 4 atom stereocenters. The molecule has 0 aromatic heterocycles. The number of quaternary nitrogens is 1. The molecule has 11 nitrogen and oxygen atoms in total. The van der Waals surface area contributed by atoms with Crippen LogP contribution in [0.15, 0.2) is 60.8 Å². The molecule has 336 valence electrons. The normalized spacial score (nSPS) is 15.2. The maximum absolute atomic E-state index is 12.7. The van der Waals surface area contributed by atoms with Gasteiger partial charge in [-0.2, -0.15) is 0 Å². The lowest BCUT2D eigenvalue weighted by Crippen LogP contribution is -2.37. The van der Waals surface area contributed by atoms with Crippen LogP contribution >= 0.6 is 7.82 Å². The van der Waals surface area contributed by atoms with Gasteiger partial charge < -0.3 is 29.1 Å². The van der Waals surface area contributed by atoms with Crippen LogP contribution < -0.4 is 0 Å². The van der Waals surface area contributed by atoms with E-state index in [1.165, 1.54) is 57.8 Å². The van der Waals surface area contributed by atoms with Crippen molar-refractivity contribution >= 4 is 19.8 Å². The van der Waals surface area contributed by atoms with Gasteiger partial charge in [0.15, 0.2) is 6.10 Å². The van der Waals surface area contributed by atoms with E-state index in [0.717, 1.165) is 44.9 Å². The van der Waals surface area contributed by atoms with Crippen LogP contribution in [0.2, 0.25) is 0 Å². The second-order valence-electron chi connectivity index (χ2n) is 16.1. The maximum atomic E-state index is 12.7. The molecule has 0 aromatic rings. The Balaban J connectivity index is 4.65. The summed E-state index contributed by atoms with van der Waals surface area (Å²) >= 11 is 0. The van der Waals surface area contributed by atoms with Gasteiger partial charge >= 0.3 is 19.8 Å². The number of aliphatic hydroxyl groups is 2. The van der Waals surface area contributed by atoms with Crippen molar-refractivity contribution in [2.75, 3.05) is 47.5 Å². The van der Waals surface area contributed by atoms with Crippen molar-refractivity contribution in [3.8, 4) is 0 Å². The molecule has 0 amide bonds. The van der Waals surface area contributed by atoms with Gasteiger partial charge in [0.25, 0.3) is 0 Å². The van der Waals surface area contributed by atoms with Crippen LogP contribution in [0, 0.1) is 0 Å². The molecule has 0 fully saturated rings. The molecule has 0 bridgehead atoms. The summed E-state index contributed by atoms with van der Waals surface area (Å²) in [6, 6.07) is 0. The van der Waals surface area contributed by atoms with Crippen LogP contribution in [0.1, 0.15) is 155 Å². The highest BCUT2D eigenvalue weighted by Crippen LogP contribution is 2.43. The summed E-state index contributed by atoms with van der Waals surface area (Å²) in [7, 11) is 1.31. The Morgan fingerprint density at radius 3 is 1.76 bits per heavy atom. The first-order valence-corrected chi connectivity index (χ1v) is 23.7. The lowest BCUT2D eigenvalue weighted by Gasteiger charge is -2.24. The first-order valence-electron chi connectivity index (χ1n) is 22.2. The van der Waals surface area contributed by atoms with Gasteiger partial charge in [0.1, 0.15) is 19.8 Å². The third-order valence-electron chi connectivity index (χ3n) is 9.21. The zero-order valence-corrected chi connectivity index (χ0v) is 37.9. The number of likely N-dealkylation sites (N-methyl/N-ethyl adjacent to an activating group) is 1. The molecule has 12 heteroatoms. The number of carbonyl (C=O) groups is 2. The van der Waals surface area contributed by atoms with Crippen LogP contribution in [-0.2, 0) is 32.7 Å². The smallest absolute Gasteiger partial charge is 0.462 e. The third kappa shape index (κ3) is 40.4. The van der Waals surface area contributed by atoms with Gasteiger partial charge in [-0.05, 0) is 64.2 Å². The van der Waals surface area contributed by atoms with E-state index >= 15 is 0 Å². The SMILES string of the molecule is CCCCC/C=C/CC(O)/C=C/C=C/C=C/C(O)CCCC(=O)OC(COC(=O)CCCCCCC/C=C\CCCCCCCC)COP(=O)(O)OCC[N+](C)(C)C. The largest absolute Gasteiger partial charge is 0.472 e. The number of unbranched alkanes of at least 4 members (excludes halogenated alkanes) is 14. The molecule has 0 saturated carbocycles. The summed E-state index contributed by atoms with van der Waals surface area (Å²) in [5, 5.41) is 20.4. The maximum Gasteiger partial charge on any atom is 0.472 e. The average molecular weight is 841 g/mol. The second-order valence-corrected chi connectivity index (χ2v) is 17.6. The number of hydrogen-bond acceptors (Lipinski definition) is 9. The molecule has 0 rings (SSSR count). The van der Waals surface area contributed by atoms with Gasteiger partial charge in [-0.15, -0.1) is 0 Å². The van der Waals surface area contributed by atoms with E-state index in [-0.39, 0.29) is 26.1 Å². The summed E-state index contributed by atoms with van der Waals surface area (Å²) in [6.07, 6.45) is 37.5. The van der Waals surface area contributed by atoms with E-state index in [1.54, 1.807) is 36.5 Å². The topological polar surface area (TPSA) is 149 Å². The summed E-state index contributed by atoms with van der Waals surface area (Å²) in [5.41, 5.74) is 0. The first-order chi connectivity index (χ1) is 27.8. The zero-order valence-electron chi connectivity index (χ0n) is 37.0. The molecule has 0 aromatic carbocycles. The lowest BCUT2D eigenvalue weighted by molar-refractivity contribution is -0.870. The number of nitrogens with zero attached hydrogens (tertiary/aromatic N) is 1. The highest BCUT2D eigenvalue weighted by Gasteiger charge is 2.27. The number of phosphoric acid groups is 1. The van der Waals surface area contributed by atoms with Gasteiger partial charge in [0.2, 0.25) is 0 Å². The minimum Gasteiger partial charge on any atom is -0.462 e. The Morgan fingerprint density at radius 1 is 0.621 bits per heavy atom. The van der Waals surface area contributed by atoms with Crippen molar-refractivity contribution in [3.63, 3.8) is 0 Å². The van der Waals surface area contributed by atoms with Crippen molar-refractivity contribution in [3.05, 3.63) is 60.8 Å². The summed E-state index contributed by atoms with van der Waals surface area (Å²) in [5.74, 6) is -1.05. The molecule has 0 aliphatic carbocycles. The number of rotatable bonds is 39. The molecule has 0 radical (unpaired) electrons. The van der Waals surface area contributed by atoms with Gasteiger partial charge in [-0.25, -0.2) is 4.57 Å². The quantitative estimate of drug-likeness (QED) is 0.0136. The van der Waals surface area contributed by atoms with Crippen molar-refractivity contribution in [1.82, 2.24) is 0 Å². The molecule has 4 unspecified atom stereocenters. The molecule has 58 heavy (non-hydrogen) atoms. The van der Waals surface area contributed by atoms with Crippen molar-refractivity contribution in [2.24, 2.45) is 0 Å². The van der Waals surface area contributed by atoms with E-state index in [0.29, 0.717) is 36.7 Å². The predicted molar refractivity (Wildman–Crippen MR) is 236 cm³/mol. The molecule has 0 aliphatic heterocycles. The van der Waals surface area contributed by atoms with Crippen molar-refractivity contribution < 1.29 is 52.3 Å². The highest BCUT2D eigenvalue weighted by molar-refractivity contribution is 7.47. The standard InChI is InChI=1S/C46H82NO10P/c1-6-8-10-12-14-15-16-17-18-19-20-21-22-24-30-36-45(50)54-40-44(41-56-58(52,53)55-39-38-47(3,4)5)57-46(51)37-31-35-43(49)34-29-26-25-28-33-42(48)32-27-23-13-11-9-7-2/h17-18,23,25-29,33-34,42-44,48-49H,6-16,19-22,24,30-32,35-41H2,1-5H3/p+1/b18-17-,26-25+,27-23+,33-28+,34-29+. The summed E-state index contributed by atoms with van der Waals surface area (Å²) < 4.78 is 34.1. The molecular formula is C46H83NO10P+. The van der Waals surface area contributed by atoms with Crippen molar-refractivity contribution in [2.45, 2.75) is 173 Å². The number of hydrogen-bond donors (Lipinski definition) is 3. The van der Waals surface area contributed by atoms with E-state index < -0.39 is 44.7 Å². The van der Waals surface area contributed by atoms with Gasteiger partial charge in [0, 0.05) is 12.8 Å². The molecule has 0 aliphatic rings. The average Bonchev–Trinajstić information content (AvgIpc) is 3.16. The van der Waals surface area contributed by atoms with Crippen LogP contribution in [-0.4, -0.2) is 97.3 Å². The van der Waals surface area contributed by atoms with E-state index in [9.17, 15) is 29.3 Å². The number of esters is 2. The van der Waals surface area contributed by atoms with Crippen LogP contribution in [0.3, 0.4) is 0 Å². The Morgan fingerprint density at radius 2 is 1.14 bits per heavy atom. The summed E-state index contributed by atoms with van der Waals surface area (Å²) in [4.78, 5) is 35.4. The van der Waals surface area contributed by atoms with E-state index in [4.69, 9.17) is 18.5 Å². The zero-order chi connectivity index (χ0) is 43.2. The van der Waals surface area contributed by atoms with Crippen LogP contribution in [0.4, 0.5) is 0 Å². The van der Waals surface area contributed by atoms with Gasteiger partial charge in [0.05, 0.1) is 40.0 Å². The van der Waals surface area contributed by atoms with Crippen LogP contribution in [0.25, 0.3) is 0 Å². The highest BCUT2D eigenvalue weighted by atomic mass is 31.2. The Hall–Kier alpha value is -2.37. The fraction of sp³-hybridized carbons (Fsp3) is 0.739. The number of aliphatic hydroxyl groups excluding tert-OH is 2. The fourth-order valence-electron chi connectivity index (χ4n) is 5.61. The van der Waals surface area contributed by atoms with Crippen LogP contribution in [0.5, 0.6) is 0 Å². The number of allylic oxidation sites excluding steroid dienone is 7. The third-order valence-corrected chi connectivity index (χ3v) is 10.2. The molecule has 3 N–H and O–H groups in total. The van der Waals surface area contributed by atoms with E-state index in [1.807, 2.05) is 27.2 Å². The Bertz CT molecular complexity index is 1210. The fourth-order valence-corrected chi connectivity index (χ4v) is 6.35. The summed E-state index contributed by atoms with van der Waals surface area (Å²) in [6.45, 7) is 4.04. The molecule has 0 spiro atoms. The Labute approximate surface area is 352 Å². The predicted octanol–water partition coefficient (Wildman–Crippen LogP) is 10.4. The number of ether oxygens (including phenoxy) is 2. The van der Waals surface area contributed by atoms with Gasteiger partial charge in [-0.1, -0.05) is 139 Å². The monoisotopic (exact) mass is 841 g/mol. The second kappa shape index (κ2) is 37.6. The molecule has 0 heterocycles. The lowest BCUT2D eigenvalue weighted by atomic mass is 10.1. The van der Waals surface area contributed by atoms with Crippen molar-refractivity contribution in [1.29, 1.82) is 0 Å². The molecule has 0 saturated heterocycles. The first kappa shape index (κ1) is 55.6. The minimum atomic E-state index is -4.45. The van der Waals surface area contributed by atoms with E-state index in [2.05, 4.69) is 32.1 Å². The number of phosphoric ester groups is 1. The number of carbonyl (C=O) groups excluding carboxylic acids is 2. The Kier molecular flexibility index (Phi) is 36.1. The molecular weight excluding hydrogens is 757 g/mol. The minimum absolute atomic E-state index is 0.0177. The van der Waals surface area contributed by atoms with Gasteiger partial charge in [-0.3, -0.25) is 18.6 Å².